The molecule has 0 atom stereocenters. The largest absolute Gasteiger partial charge is 0.0609 e. The molecule has 0 N–H and O–H groups in total. The Morgan fingerprint density at radius 2 is 1.52 bits per heavy atom. The highest BCUT2D eigenvalue weighted by molar-refractivity contribution is 9.10. The summed E-state index contributed by atoms with van der Waals surface area (Å²) in [6.45, 7) is 0. The molecule has 2 rings (SSSR count). The van der Waals surface area contributed by atoms with Gasteiger partial charge in [-0.1, -0.05) is 69.0 Å². The molecule has 21 heavy (non-hydrogen) atoms. The summed E-state index contributed by atoms with van der Waals surface area (Å²) in [7, 11) is 0. The van der Waals surface area contributed by atoms with Crippen molar-refractivity contribution in [3.8, 4) is 0 Å². The van der Waals surface area contributed by atoms with E-state index < -0.39 is 0 Å². The van der Waals surface area contributed by atoms with Crippen LogP contribution in [0.2, 0.25) is 0 Å². The van der Waals surface area contributed by atoms with E-state index in [1.165, 1.54) is 47.7 Å². The molecule has 1 radical (unpaired) electrons. The molecule has 0 saturated heterocycles. The van der Waals surface area contributed by atoms with Crippen molar-refractivity contribution in [2.45, 2.75) is 38.5 Å². The van der Waals surface area contributed by atoms with Crippen LogP contribution in [0.15, 0.2) is 57.5 Å². The Balaban J connectivity index is 1.53. The Morgan fingerprint density at radius 3 is 2.29 bits per heavy atom. The second kappa shape index (κ2) is 9.42. The van der Waals surface area contributed by atoms with Crippen molar-refractivity contribution in [2.75, 3.05) is 0 Å². The predicted octanol–water partition coefficient (Wildman–Crippen LogP) is 6.76. The van der Waals surface area contributed by atoms with Gasteiger partial charge in [0.25, 0.3) is 0 Å². The number of halogens is 2. The summed E-state index contributed by atoms with van der Waals surface area (Å²) in [5, 5.41) is 0. The Kier molecular flexibility index (Phi) is 7.52. The van der Waals surface area contributed by atoms with Crippen LogP contribution in [-0.4, -0.2) is 0 Å². The lowest BCUT2D eigenvalue weighted by Gasteiger charge is -2.04. The Labute approximate surface area is 145 Å². The van der Waals surface area contributed by atoms with Crippen LogP contribution in [0.25, 0.3) is 0 Å². The van der Waals surface area contributed by atoms with Gasteiger partial charge in [-0.2, -0.15) is 0 Å². The van der Waals surface area contributed by atoms with Crippen LogP contribution in [-0.2, 0) is 12.8 Å². The van der Waals surface area contributed by atoms with E-state index in [-0.39, 0.29) is 0 Å². The van der Waals surface area contributed by atoms with Crippen LogP contribution in [0.4, 0.5) is 0 Å². The molecule has 2 aromatic rings. The van der Waals surface area contributed by atoms with Gasteiger partial charge in [-0.3, -0.25) is 0 Å². The van der Waals surface area contributed by atoms with E-state index in [1.54, 1.807) is 0 Å². The van der Waals surface area contributed by atoms with E-state index in [0.717, 1.165) is 10.9 Å². The zero-order chi connectivity index (χ0) is 14.9. The first-order valence-corrected chi connectivity index (χ1v) is 9.13. The molecule has 2 heteroatoms. The van der Waals surface area contributed by atoms with Crippen LogP contribution >= 0.6 is 31.9 Å². The molecule has 0 aliphatic rings. The summed E-state index contributed by atoms with van der Waals surface area (Å²) in [5.74, 6) is 0. The Morgan fingerprint density at radius 1 is 0.714 bits per heavy atom. The van der Waals surface area contributed by atoms with Gasteiger partial charge in [0.1, 0.15) is 0 Å². The van der Waals surface area contributed by atoms with E-state index in [4.69, 9.17) is 0 Å². The van der Waals surface area contributed by atoms with Gasteiger partial charge in [-0.15, -0.1) is 0 Å². The van der Waals surface area contributed by atoms with Gasteiger partial charge in [-0.05, 0) is 67.5 Å². The van der Waals surface area contributed by atoms with Crippen molar-refractivity contribution >= 4 is 31.9 Å². The van der Waals surface area contributed by atoms with Gasteiger partial charge < -0.3 is 0 Å². The summed E-state index contributed by atoms with van der Waals surface area (Å²) < 4.78 is 2.33. The third-order valence-electron chi connectivity index (χ3n) is 3.56. The van der Waals surface area contributed by atoms with Crippen LogP contribution < -0.4 is 0 Å². The van der Waals surface area contributed by atoms with E-state index in [0.29, 0.717) is 0 Å². The molecule has 0 heterocycles. The molecule has 111 valence electrons. The molecular formula is C19H21Br2. The first-order chi connectivity index (χ1) is 10.2. The smallest absolute Gasteiger partial charge is 0.0177 e. The third kappa shape index (κ3) is 6.80. The van der Waals surface area contributed by atoms with E-state index in [9.17, 15) is 0 Å². The second-order valence-electron chi connectivity index (χ2n) is 5.33. The number of rotatable bonds is 8. The monoisotopic (exact) mass is 407 g/mol. The van der Waals surface area contributed by atoms with Gasteiger partial charge in [-0.25, -0.2) is 0 Å². The highest BCUT2D eigenvalue weighted by Crippen LogP contribution is 2.15. The number of hydrogen-bond acceptors (Lipinski definition) is 0. The minimum Gasteiger partial charge on any atom is -0.0609 e. The van der Waals surface area contributed by atoms with Gasteiger partial charge in [0.15, 0.2) is 0 Å². The number of hydrogen-bond donors (Lipinski definition) is 0. The molecule has 0 spiro atoms. The van der Waals surface area contributed by atoms with Crippen LogP contribution in [0.5, 0.6) is 0 Å². The van der Waals surface area contributed by atoms with Gasteiger partial charge >= 0.3 is 0 Å². The highest BCUT2D eigenvalue weighted by Gasteiger charge is 1.97. The maximum absolute atomic E-state index is 3.52. The van der Waals surface area contributed by atoms with Crippen molar-refractivity contribution in [1.82, 2.24) is 0 Å². The normalized spacial score (nSPS) is 10.8. The van der Waals surface area contributed by atoms with Gasteiger partial charge in [0, 0.05) is 8.95 Å². The van der Waals surface area contributed by atoms with Crippen LogP contribution in [0.1, 0.15) is 36.8 Å². The maximum Gasteiger partial charge on any atom is 0.0177 e. The standard InChI is InChI=1S/C19H21Br2/c20-18-13-11-16(12-14-18)7-4-2-1-3-5-8-17-9-6-10-19(21)15-17/h3,6,9-15H,1-2,4-5,7-8H2. The van der Waals surface area contributed by atoms with Crippen molar-refractivity contribution < 1.29 is 0 Å². The zero-order valence-corrected chi connectivity index (χ0v) is 15.4. The van der Waals surface area contributed by atoms with Crippen molar-refractivity contribution in [2.24, 2.45) is 0 Å². The summed E-state index contributed by atoms with van der Waals surface area (Å²) in [4.78, 5) is 0. The molecular weight excluding hydrogens is 388 g/mol. The van der Waals surface area contributed by atoms with Crippen molar-refractivity contribution in [3.63, 3.8) is 0 Å². The minimum absolute atomic E-state index is 1.14. The first-order valence-electron chi connectivity index (χ1n) is 7.54. The zero-order valence-electron chi connectivity index (χ0n) is 12.2. The molecule has 0 unspecified atom stereocenters. The maximum atomic E-state index is 3.52. The number of unbranched alkanes of at least 4 members (excludes halogenated alkanes) is 4. The first kappa shape index (κ1) is 16.8. The van der Waals surface area contributed by atoms with Crippen LogP contribution in [0.3, 0.4) is 0 Å². The lowest BCUT2D eigenvalue weighted by molar-refractivity contribution is 0.703. The third-order valence-corrected chi connectivity index (χ3v) is 4.59. The van der Waals surface area contributed by atoms with Gasteiger partial charge in [0.05, 0.1) is 0 Å². The molecule has 0 amide bonds. The van der Waals surface area contributed by atoms with Crippen LogP contribution in [0, 0.1) is 6.42 Å². The lowest BCUT2D eigenvalue weighted by atomic mass is 10.0. The summed E-state index contributed by atoms with van der Waals surface area (Å²) in [6.07, 6.45) is 9.73. The van der Waals surface area contributed by atoms with Crippen molar-refractivity contribution in [3.05, 3.63) is 75.0 Å². The fraction of sp³-hybridized carbons (Fsp3) is 0.316. The van der Waals surface area contributed by atoms with Crippen molar-refractivity contribution in [1.29, 1.82) is 0 Å². The highest BCUT2D eigenvalue weighted by atomic mass is 79.9. The lowest BCUT2D eigenvalue weighted by Crippen LogP contribution is -1.89. The topological polar surface area (TPSA) is 0 Å². The van der Waals surface area contributed by atoms with Gasteiger partial charge in [0.2, 0.25) is 0 Å². The van der Waals surface area contributed by atoms with E-state index in [1.807, 2.05) is 0 Å². The Bertz CT molecular complexity index is 532. The average Bonchev–Trinajstić information content (AvgIpc) is 2.48. The molecule has 0 aliphatic carbocycles. The fourth-order valence-electron chi connectivity index (χ4n) is 2.37. The summed E-state index contributed by atoms with van der Waals surface area (Å²) >= 11 is 6.99. The molecule has 0 aromatic heterocycles. The average molecular weight is 409 g/mol. The second-order valence-corrected chi connectivity index (χ2v) is 7.16. The molecule has 0 aliphatic heterocycles. The summed E-state index contributed by atoms with van der Waals surface area (Å²) in [6, 6.07) is 17.3. The quantitative estimate of drug-likeness (QED) is 0.423. The molecule has 2 aromatic carbocycles. The molecule has 0 bridgehead atoms. The minimum atomic E-state index is 1.14. The van der Waals surface area contributed by atoms with E-state index >= 15 is 0 Å². The molecule has 0 fully saturated rings. The predicted molar refractivity (Wildman–Crippen MR) is 98.5 cm³/mol. The van der Waals surface area contributed by atoms with E-state index in [2.05, 4.69) is 86.8 Å². The molecule has 0 saturated carbocycles. The SMILES string of the molecule is Brc1ccc(CCCC[CH]CCc2cccc(Br)c2)cc1. The number of benzene rings is 2. The molecule has 0 nitrogen and oxygen atoms in total. The fourth-order valence-corrected chi connectivity index (χ4v) is 3.09. The summed E-state index contributed by atoms with van der Waals surface area (Å²) in [5.41, 5.74) is 2.85. The number of aryl methyl sites for hydroxylation is 2. The Hall–Kier alpha value is -0.600.